The molecule has 1 atom stereocenters. The van der Waals surface area contributed by atoms with Crippen LogP contribution in [0.15, 0.2) is 0 Å². The molecule has 0 aromatic carbocycles. The van der Waals surface area contributed by atoms with E-state index < -0.39 is 0 Å². The van der Waals surface area contributed by atoms with E-state index in [9.17, 15) is 4.79 Å². The van der Waals surface area contributed by atoms with Gasteiger partial charge in [0.25, 0.3) is 0 Å². The van der Waals surface area contributed by atoms with Gasteiger partial charge in [-0.25, -0.2) is 6.29 Å². The first kappa shape index (κ1) is 9.69. The van der Waals surface area contributed by atoms with E-state index in [2.05, 4.69) is 10.9 Å². The van der Waals surface area contributed by atoms with Crippen LogP contribution in [0.25, 0.3) is 0 Å². The largest absolute Gasteiger partial charge is 3.00 e. The van der Waals surface area contributed by atoms with E-state index in [1.54, 1.807) is 0 Å². The van der Waals surface area contributed by atoms with Gasteiger partial charge in [0, 0.05) is 6.54 Å². The molecule has 46 valence electrons. The SMILES string of the molecule is O=[C-]C1CCCNN1.[Y+3]. The Labute approximate surface area is 79.8 Å². The first-order valence-corrected chi connectivity index (χ1v) is 2.79. The van der Waals surface area contributed by atoms with Crippen molar-refractivity contribution in [3.05, 3.63) is 0 Å². The molecule has 0 aromatic rings. The molecular weight excluding hydrogens is 193 g/mol. The van der Waals surface area contributed by atoms with Crippen molar-refractivity contribution in [3.63, 3.8) is 0 Å². The van der Waals surface area contributed by atoms with E-state index in [4.69, 9.17) is 0 Å². The van der Waals surface area contributed by atoms with Crippen LogP contribution in [0, 0.1) is 0 Å². The number of hydrogen-bond donors (Lipinski definition) is 2. The molecule has 0 saturated carbocycles. The second-order valence-corrected chi connectivity index (χ2v) is 1.88. The van der Waals surface area contributed by atoms with Gasteiger partial charge in [0.05, 0.1) is 0 Å². The van der Waals surface area contributed by atoms with Crippen LogP contribution in [0.1, 0.15) is 12.8 Å². The molecule has 1 heterocycles. The van der Waals surface area contributed by atoms with Gasteiger partial charge in [0.1, 0.15) is 0 Å². The fourth-order valence-electron chi connectivity index (χ4n) is 0.751. The van der Waals surface area contributed by atoms with Crippen LogP contribution >= 0.6 is 0 Å². The Morgan fingerprint density at radius 2 is 2.33 bits per heavy atom. The van der Waals surface area contributed by atoms with Gasteiger partial charge in [0.15, 0.2) is 0 Å². The summed E-state index contributed by atoms with van der Waals surface area (Å²) in [5.41, 5.74) is 5.67. The Morgan fingerprint density at radius 3 is 2.67 bits per heavy atom. The average Bonchev–Trinajstić information content (AvgIpc) is 1.90. The third-order valence-electron chi connectivity index (χ3n) is 1.21. The standard InChI is InChI=1S/C5H9N2O.Y/c8-4-5-2-1-3-6-7-5;/h5-7H,1-3H2;/q-1;+3. The monoisotopic (exact) mass is 202 g/mol. The van der Waals surface area contributed by atoms with E-state index in [0.29, 0.717) is 0 Å². The van der Waals surface area contributed by atoms with Gasteiger partial charge in [-0.3, -0.25) is 10.9 Å². The summed E-state index contributed by atoms with van der Waals surface area (Å²) in [6.07, 6.45) is 3.86. The minimum Gasteiger partial charge on any atom is -0.540 e. The predicted molar refractivity (Wildman–Crippen MR) is 29.9 cm³/mol. The molecule has 1 aliphatic heterocycles. The summed E-state index contributed by atoms with van der Waals surface area (Å²) in [5, 5.41) is 0. The maximum Gasteiger partial charge on any atom is 3.00 e. The molecule has 1 rings (SSSR count). The van der Waals surface area contributed by atoms with Crippen LogP contribution in [-0.2, 0) is 37.5 Å². The second kappa shape index (κ2) is 5.48. The Balaban J connectivity index is 0.000000640. The van der Waals surface area contributed by atoms with Gasteiger partial charge < -0.3 is 4.79 Å². The quantitative estimate of drug-likeness (QED) is 0.555. The minimum atomic E-state index is -0.0799. The van der Waals surface area contributed by atoms with Gasteiger partial charge in [0.2, 0.25) is 0 Å². The third kappa shape index (κ3) is 3.41. The summed E-state index contributed by atoms with van der Waals surface area (Å²) < 4.78 is 0. The molecule has 1 fully saturated rings. The van der Waals surface area contributed by atoms with Gasteiger partial charge >= 0.3 is 32.7 Å². The first-order chi connectivity index (χ1) is 3.93. The van der Waals surface area contributed by atoms with Crippen molar-refractivity contribution in [1.82, 2.24) is 10.9 Å². The first-order valence-electron chi connectivity index (χ1n) is 2.79. The van der Waals surface area contributed by atoms with E-state index in [1.807, 2.05) is 6.29 Å². The number of carbonyl (C=O) groups excluding carboxylic acids is 1. The van der Waals surface area contributed by atoms with Crippen molar-refractivity contribution in [2.45, 2.75) is 18.9 Å². The molecule has 0 radical (unpaired) electrons. The zero-order valence-electron chi connectivity index (χ0n) is 5.18. The maximum absolute atomic E-state index is 9.93. The molecule has 1 aliphatic rings. The van der Waals surface area contributed by atoms with Crippen molar-refractivity contribution < 1.29 is 37.5 Å². The molecule has 0 amide bonds. The number of rotatable bonds is 1. The van der Waals surface area contributed by atoms with E-state index in [0.717, 1.165) is 19.4 Å². The minimum absolute atomic E-state index is 0. The Bertz CT molecular complexity index is 83.0. The van der Waals surface area contributed by atoms with E-state index in [-0.39, 0.29) is 38.8 Å². The summed E-state index contributed by atoms with van der Waals surface area (Å²) in [6.45, 7) is 0.957. The Morgan fingerprint density at radius 1 is 1.56 bits per heavy atom. The number of nitrogens with one attached hydrogen (secondary N) is 2. The second-order valence-electron chi connectivity index (χ2n) is 1.88. The van der Waals surface area contributed by atoms with Crippen LogP contribution in [0.3, 0.4) is 0 Å². The summed E-state index contributed by atoms with van der Waals surface area (Å²) in [4.78, 5) is 9.93. The van der Waals surface area contributed by atoms with Gasteiger partial charge in [-0.1, -0.05) is 12.5 Å². The molecule has 2 N–H and O–H groups in total. The van der Waals surface area contributed by atoms with Crippen molar-refractivity contribution in [3.8, 4) is 0 Å². The molecular formula is C5H9N2OY+2. The van der Waals surface area contributed by atoms with Crippen LogP contribution in [0.2, 0.25) is 0 Å². The van der Waals surface area contributed by atoms with Crippen LogP contribution in [0.5, 0.6) is 0 Å². The van der Waals surface area contributed by atoms with E-state index in [1.165, 1.54) is 0 Å². The topological polar surface area (TPSA) is 41.1 Å². The molecule has 1 saturated heterocycles. The van der Waals surface area contributed by atoms with Crippen molar-refractivity contribution in [2.75, 3.05) is 6.54 Å². The van der Waals surface area contributed by atoms with Crippen LogP contribution in [-0.4, -0.2) is 18.9 Å². The summed E-state index contributed by atoms with van der Waals surface area (Å²) in [5.74, 6) is 0. The zero-order chi connectivity index (χ0) is 5.82. The van der Waals surface area contributed by atoms with Gasteiger partial charge in [-0.2, -0.15) is 0 Å². The molecule has 0 spiro atoms. The Hall–Kier alpha value is 0.694. The fourth-order valence-corrected chi connectivity index (χ4v) is 0.751. The van der Waals surface area contributed by atoms with Crippen molar-refractivity contribution in [2.24, 2.45) is 0 Å². The average molecular weight is 202 g/mol. The third-order valence-corrected chi connectivity index (χ3v) is 1.21. The van der Waals surface area contributed by atoms with E-state index >= 15 is 0 Å². The number of hydrazine groups is 1. The molecule has 3 nitrogen and oxygen atoms in total. The molecule has 0 aromatic heterocycles. The van der Waals surface area contributed by atoms with Gasteiger partial charge in [-0.05, 0) is 6.42 Å². The Kier molecular flexibility index (Phi) is 5.90. The summed E-state index contributed by atoms with van der Waals surface area (Å²) >= 11 is 0. The molecule has 9 heavy (non-hydrogen) atoms. The van der Waals surface area contributed by atoms with Crippen LogP contribution in [0.4, 0.5) is 0 Å². The smallest absolute Gasteiger partial charge is 0.540 e. The molecule has 0 bridgehead atoms. The molecule has 1 unspecified atom stereocenters. The fraction of sp³-hybridized carbons (Fsp3) is 0.800. The molecule has 0 aliphatic carbocycles. The van der Waals surface area contributed by atoms with Gasteiger partial charge in [-0.15, -0.1) is 0 Å². The molecule has 4 heteroatoms. The number of hydrogen-bond acceptors (Lipinski definition) is 3. The van der Waals surface area contributed by atoms with Crippen LogP contribution < -0.4 is 10.9 Å². The van der Waals surface area contributed by atoms with Crippen molar-refractivity contribution >= 4 is 6.29 Å². The summed E-state index contributed by atoms with van der Waals surface area (Å²) in [7, 11) is 0. The normalized spacial score (nSPS) is 26.4. The van der Waals surface area contributed by atoms with Crippen molar-refractivity contribution in [1.29, 1.82) is 0 Å². The summed E-state index contributed by atoms with van der Waals surface area (Å²) in [6, 6.07) is -0.0799. The maximum atomic E-state index is 9.93. The zero-order valence-corrected chi connectivity index (χ0v) is 8.02. The predicted octanol–water partition coefficient (Wildman–Crippen LogP) is -0.650.